The van der Waals surface area contributed by atoms with Crippen LogP contribution in [0.1, 0.15) is 5.56 Å². The van der Waals surface area contributed by atoms with E-state index in [4.69, 9.17) is 4.74 Å². The molecular weight excluding hydrogens is 260 g/mol. The van der Waals surface area contributed by atoms with Crippen molar-refractivity contribution >= 4 is 11.5 Å². The van der Waals surface area contributed by atoms with Crippen LogP contribution in [0.4, 0.5) is 11.5 Å². The number of methoxy groups -OCH3 is 1. The molecule has 0 saturated heterocycles. The van der Waals surface area contributed by atoms with Gasteiger partial charge in [0.05, 0.1) is 14.2 Å². The monoisotopic (exact) mass is 277 g/mol. The van der Waals surface area contributed by atoms with Crippen molar-refractivity contribution in [1.29, 1.82) is 0 Å². The second-order valence-corrected chi connectivity index (χ2v) is 4.19. The summed E-state index contributed by atoms with van der Waals surface area (Å²) >= 11 is 0. The van der Waals surface area contributed by atoms with Crippen molar-refractivity contribution in [3.8, 4) is 5.75 Å². The highest BCUT2D eigenvalue weighted by molar-refractivity contribution is 5.53. The molecule has 7 nitrogen and oxygen atoms in total. The zero-order valence-corrected chi connectivity index (χ0v) is 11.3. The highest BCUT2D eigenvalue weighted by Crippen LogP contribution is 2.13. The Labute approximate surface area is 115 Å². The van der Waals surface area contributed by atoms with E-state index in [0.717, 1.165) is 11.3 Å². The van der Waals surface area contributed by atoms with E-state index in [1.54, 1.807) is 19.5 Å². The molecule has 0 bridgehead atoms. The summed E-state index contributed by atoms with van der Waals surface area (Å²) in [7, 11) is 3.35. The molecular formula is C13H17N4O3+. The average molecular weight is 277 g/mol. The number of hydrogen-bond donors (Lipinski definition) is 4. The lowest BCUT2D eigenvalue weighted by molar-refractivity contribution is -0.540. The van der Waals surface area contributed by atoms with Gasteiger partial charge in [0.2, 0.25) is 5.69 Å². The lowest BCUT2D eigenvalue weighted by Crippen LogP contribution is -2.75. The van der Waals surface area contributed by atoms with Gasteiger partial charge in [-0.1, -0.05) is 12.1 Å². The van der Waals surface area contributed by atoms with Gasteiger partial charge in [0.1, 0.15) is 5.75 Å². The molecule has 5 N–H and O–H groups in total. The molecule has 2 rings (SSSR count). The van der Waals surface area contributed by atoms with Crippen LogP contribution >= 0.6 is 0 Å². The van der Waals surface area contributed by atoms with Crippen LogP contribution < -0.4 is 26.6 Å². The normalized spacial score (nSPS) is 10.3. The van der Waals surface area contributed by atoms with Crippen molar-refractivity contribution in [1.82, 2.24) is 9.97 Å². The minimum atomic E-state index is -0.530. The van der Waals surface area contributed by atoms with Crippen molar-refractivity contribution in [3.05, 3.63) is 50.7 Å². The van der Waals surface area contributed by atoms with Gasteiger partial charge < -0.3 is 15.4 Å². The summed E-state index contributed by atoms with van der Waals surface area (Å²) in [6, 6.07) is 7.52. The van der Waals surface area contributed by atoms with Crippen LogP contribution in [-0.2, 0) is 6.54 Å². The summed E-state index contributed by atoms with van der Waals surface area (Å²) in [5.41, 5.74) is 0.485. The van der Waals surface area contributed by atoms with Gasteiger partial charge in [-0.15, -0.1) is 0 Å². The number of nitrogens with one attached hydrogen (secondary N) is 3. The molecule has 1 aromatic carbocycles. The van der Waals surface area contributed by atoms with Gasteiger partial charge >= 0.3 is 11.2 Å². The number of aromatic amines is 2. The Morgan fingerprint density at radius 2 is 1.90 bits per heavy atom. The van der Waals surface area contributed by atoms with E-state index in [1.165, 1.54) is 0 Å². The molecule has 0 amide bonds. The van der Waals surface area contributed by atoms with Gasteiger partial charge in [-0.3, -0.25) is 14.8 Å². The Hall–Kier alpha value is -2.54. The number of nitrogens with two attached hydrogens (primary N) is 1. The first kappa shape index (κ1) is 13.9. The third-order valence-electron chi connectivity index (χ3n) is 2.90. The molecule has 0 radical (unpaired) electrons. The average Bonchev–Trinajstić information content (AvgIpc) is 2.45. The first-order valence-electron chi connectivity index (χ1n) is 6.17. The van der Waals surface area contributed by atoms with E-state index in [9.17, 15) is 9.59 Å². The molecule has 106 valence electrons. The first-order chi connectivity index (χ1) is 9.63. The zero-order chi connectivity index (χ0) is 14.5. The topological polar surface area (TPSA) is 104 Å². The van der Waals surface area contributed by atoms with Crippen LogP contribution in [0, 0.1) is 0 Å². The maximum absolute atomic E-state index is 11.6. The van der Waals surface area contributed by atoms with Gasteiger partial charge in [-0.05, 0) is 17.7 Å². The number of hydrogen-bond acceptors (Lipinski definition) is 4. The summed E-state index contributed by atoms with van der Waals surface area (Å²) in [5.74, 6) is 1.19. The van der Waals surface area contributed by atoms with Crippen molar-refractivity contribution < 1.29 is 10.1 Å². The second kappa shape index (κ2) is 6.07. The molecule has 2 aromatic rings. The summed E-state index contributed by atoms with van der Waals surface area (Å²) in [6.45, 7) is 0.490. The van der Waals surface area contributed by atoms with Crippen LogP contribution in [-0.4, -0.2) is 24.1 Å². The van der Waals surface area contributed by atoms with Crippen LogP contribution in [0.15, 0.2) is 33.9 Å². The number of anilines is 1. The van der Waals surface area contributed by atoms with Crippen molar-refractivity contribution in [3.63, 3.8) is 0 Å². The predicted octanol–water partition coefficient (Wildman–Crippen LogP) is -0.491. The van der Waals surface area contributed by atoms with Crippen LogP contribution in [0.2, 0.25) is 0 Å². The summed E-state index contributed by atoms with van der Waals surface area (Å²) < 4.78 is 5.08. The van der Waals surface area contributed by atoms with E-state index in [2.05, 4.69) is 15.3 Å². The van der Waals surface area contributed by atoms with Gasteiger partial charge in [0.15, 0.2) is 5.82 Å². The highest BCUT2D eigenvalue weighted by Gasteiger charge is 2.11. The molecule has 0 aliphatic carbocycles. The standard InChI is InChI=1S/C13H16N4O3/c1-14-10-11(16-13(19)17-12(10)18)15-7-8-3-5-9(20-2)6-4-8/h3-6,14H,7H2,1-2H3,(H3,15,16,17,18,19)/p+1. The number of aromatic nitrogens is 2. The maximum Gasteiger partial charge on any atom is 0.327 e. The number of ether oxygens (including phenoxy) is 1. The smallest absolute Gasteiger partial charge is 0.327 e. The Kier molecular flexibility index (Phi) is 4.21. The number of rotatable bonds is 5. The molecule has 1 heterocycles. The van der Waals surface area contributed by atoms with Crippen molar-refractivity contribution in [2.75, 3.05) is 19.5 Å². The second-order valence-electron chi connectivity index (χ2n) is 4.19. The zero-order valence-electron chi connectivity index (χ0n) is 11.3. The lowest BCUT2D eigenvalue weighted by atomic mass is 10.2. The Morgan fingerprint density at radius 3 is 2.50 bits per heavy atom. The largest absolute Gasteiger partial charge is 0.497 e. The lowest BCUT2D eigenvalue weighted by Gasteiger charge is -2.08. The molecule has 0 saturated carbocycles. The SMILES string of the molecule is C[NH2+]c1c(NCc2ccc(OC)cc2)[nH]c(=O)[nH]c1=O. The molecule has 7 heteroatoms. The molecule has 0 fully saturated rings. The van der Waals surface area contributed by atoms with Crippen molar-refractivity contribution in [2.45, 2.75) is 6.54 Å². The molecule has 0 aliphatic heterocycles. The van der Waals surface area contributed by atoms with Crippen LogP contribution in [0.25, 0.3) is 0 Å². The van der Waals surface area contributed by atoms with E-state index in [1.807, 2.05) is 24.3 Å². The van der Waals surface area contributed by atoms with E-state index in [-0.39, 0.29) is 0 Å². The van der Waals surface area contributed by atoms with Gasteiger partial charge in [-0.25, -0.2) is 4.79 Å². The highest BCUT2D eigenvalue weighted by atomic mass is 16.5. The molecule has 20 heavy (non-hydrogen) atoms. The van der Waals surface area contributed by atoms with Gasteiger partial charge in [-0.2, -0.15) is 0 Å². The molecule has 1 aromatic heterocycles. The van der Waals surface area contributed by atoms with Gasteiger partial charge in [0, 0.05) is 6.54 Å². The molecule has 0 aliphatic rings. The van der Waals surface area contributed by atoms with E-state index < -0.39 is 11.2 Å². The third kappa shape index (κ3) is 3.07. The Bertz CT molecular complexity index is 688. The fourth-order valence-corrected chi connectivity index (χ4v) is 1.84. The van der Waals surface area contributed by atoms with E-state index >= 15 is 0 Å². The summed E-state index contributed by atoms with van der Waals surface area (Å²) in [4.78, 5) is 27.7. The Morgan fingerprint density at radius 1 is 1.20 bits per heavy atom. The van der Waals surface area contributed by atoms with Gasteiger partial charge in [0.25, 0.3) is 0 Å². The molecule has 0 atom stereocenters. The maximum atomic E-state index is 11.6. The summed E-state index contributed by atoms with van der Waals surface area (Å²) in [5, 5.41) is 4.70. The van der Waals surface area contributed by atoms with Crippen LogP contribution in [0.5, 0.6) is 5.75 Å². The number of H-pyrrole nitrogens is 2. The number of quaternary nitrogens is 1. The fraction of sp³-hybridized carbons (Fsp3) is 0.231. The molecule has 0 spiro atoms. The van der Waals surface area contributed by atoms with Crippen molar-refractivity contribution in [2.24, 2.45) is 0 Å². The quantitative estimate of drug-likeness (QED) is 0.592. The number of benzene rings is 1. The van der Waals surface area contributed by atoms with Crippen LogP contribution in [0.3, 0.4) is 0 Å². The minimum absolute atomic E-state index is 0.409. The minimum Gasteiger partial charge on any atom is -0.497 e. The first-order valence-corrected chi connectivity index (χ1v) is 6.17. The summed E-state index contributed by atoms with van der Waals surface area (Å²) in [6.07, 6.45) is 0. The predicted molar refractivity (Wildman–Crippen MR) is 75.5 cm³/mol. The third-order valence-corrected chi connectivity index (χ3v) is 2.90. The fourth-order valence-electron chi connectivity index (χ4n) is 1.84. The van der Waals surface area contributed by atoms with E-state index in [0.29, 0.717) is 18.1 Å². The molecule has 0 unspecified atom stereocenters. The Balaban J connectivity index is 2.17.